The first-order valence-corrected chi connectivity index (χ1v) is 28.9. The van der Waals surface area contributed by atoms with Gasteiger partial charge in [0.1, 0.15) is 43.7 Å². The van der Waals surface area contributed by atoms with Gasteiger partial charge in [-0.25, -0.2) is 13.9 Å². The summed E-state index contributed by atoms with van der Waals surface area (Å²) in [6, 6.07) is 8.39. The van der Waals surface area contributed by atoms with Crippen LogP contribution in [0.1, 0.15) is 124 Å². The number of ether oxygens (including phenoxy) is 9. The lowest BCUT2D eigenvalue weighted by molar-refractivity contribution is -0.615. The van der Waals surface area contributed by atoms with Gasteiger partial charge in [-0.1, -0.05) is 62.3 Å². The molecule has 4 N–H and O–H groups in total. The fourth-order valence-electron chi connectivity index (χ4n) is 13.4. The summed E-state index contributed by atoms with van der Waals surface area (Å²) >= 11 is 0. The molecule has 0 bridgehead atoms. The lowest BCUT2D eigenvalue weighted by atomic mass is 9.72. The summed E-state index contributed by atoms with van der Waals surface area (Å²) in [7, 11) is 8.01. The quantitative estimate of drug-likeness (QED) is 0.0391. The van der Waals surface area contributed by atoms with Crippen LogP contribution in [0.4, 0.5) is 9.18 Å². The maximum absolute atomic E-state index is 15.1. The number of hydrogen-bond donors (Lipinski definition) is 4. The molecule has 1 aromatic carbocycles. The van der Waals surface area contributed by atoms with E-state index >= 15 is 4.39 Å². The first-order valence-electron chi connectivity index (χ1n) is 28.9. The lowest BCUT2D eigenvalue weighted by Crippen LogP contribution is -2.62. The van der Waals surface area contributed by atoms with E-state index in [0.29, 0.717) is 46.6 Å². The van der Waals surface area contributed by atoms with Gasteiger partial charge >= 0.3 is 12.1 Å². The lowest BCUT2D eigenvalue weighted by Gasteiger charge is -2.50. The highest BCUT2D eigenvalue weighted by molar-refractivity contribution is 5.90. The zero-order valence-corrected chi connectivity index (χ0v) is 50.8. The van der Waals surface area contributed by atoms with Crippen molar-refractivity contribution in [1.82, 2.24) is 24.8 Å². The molecule has 23 nitrogen and oxygen atoms in total. The summed E-state index contributed by atoms with van der Waals surface area (Å²) in [6.07, 6.45) is -5.82. The summed E-state index contributed by atoms with van der Waals surface area (Å²) in [5, 5.41) is 69.0. The zero-order chi connectivity index (χ0) is 61.0. The minimum atomic E-state index is -1.39. The summed E-state index contributed by atoms with van der Waals surface area (Å²) < 4.78 is 74.9. The van der Waals surface area contributed by atoms with Gasteiger partial charge < -0.3 is 78.2 Å². The van der Waals surface area contributed by atoms with E-state index in [2.05, 4.69) is 15.5 Å². The number of pyridine rings is 1. The van der Waals surface area contributed by atoms with E-state index in [-0.39, 0.29) is 31.6 Å². The largest absolute Gasteiger partial charge is 0.618 e. The molecule has 1 amide bonds. The molecule has 4 saturated heterocycles. The van der Waals surface area contributed by atoms with E-state index in [0.717, 1.165) is 5.56 Å². The molecule has 20 atom stereocenters. The van der Waals surface area contributed by atoms with Crippen LogP contribution in [0.15, 0.2) is 53.9 Å². The highest BCUT2D eigenvalue weighted by Gasteiger charge is 2.60. The third-order valence-electron chi connectivity index (χ3n) is 18.4. The fourth-order valence-corrected chi connectivity index (χ4v) is 13.4. The number of methoxy groups -OCH3 is 3. The third kappa shape index (κ3) is 13.5. The SMILES string of the molecule is CC[C@H]1OC(=O)[C@H](C)C(O[C@H]2C[C@@](C)(OC)[C@@H](O)[C@H](C)O2)[C@H](C)C(O[C@@H]2O[C@H](C)C[C@H](N(C)CCc3cn([C@H](CF)[C@H](OC)c4ccc(-c5ccc(CO)[n+]([O-])c5)cc4)nn3)[C@H]2O)[C@](C)(OC)C[C@@H](C)/C(=N\O)[C@H](C)[C@H]2N(C)C(=O)O[C@]12C. The molecule has 4 aliphatic heterocycles. The first kappa shape index (κ1) is 65.6. The van der Waals surface area contributed by atoms with E-state index in [1.807, 2.05) is 65.6 Å². The van der Waals surface area contributed by atoms with Crippen molar-refractivity contribution in [2.75, 3.05) is 48.6 Å². The number of aromatic nitrogens is 4. The summed E-state index contributed by atoms with van der Waals surface area (Å²) in [5.74, 6) is -3.69. The Morgan fingerprint density at radius 1 is 0.952 bits per heavy atom. The number of aliphatic hydroxyl groups excluding tert-OH is 3. The summed E-state index contributed by atoms with van der Waals surface area (Å²) in [6.45, 7) is 17.2. The van der Waals surface area contributed by atoms with Crippen LogP contribution in [-0.4, -0.2) is 196 Å². The number of fused-ring (bicyclic) bond motifs is 1. The van der Waals surface area contributed by atoms with E-state index in [9.17, 15) is 35.3 Å². The van der Waals surface area contributed by atoms with Gasteiger partial charge in [-0.15, -0.1) is 5.10 Å². The Bertz CT molecular complexity index is 2670. The van der Waals surface area contributed by atoms with Crippen LogP contribution in [0.2, 0.25) is 0 Å². The van der Waals surface area contributed by atoms with Crippen LogP contribution in [0.25, 0.3) is 11.1 Å². The van der Waals surface area contributed by atoms with Crippen molar-refractivity contribution in [3.63, 3.8) is 0 Å². The Balaban J connectivity index is 1.16. The van der Waals surface area contributed by atoms with E-state index in [4.69, 9.17) is 42.6 Å². The van der Waals surface area contributed by atoms with Crippen LogP contribution >= 0.6 is 0 Å². The van der Waals surface area contributed by atoms with Crippen LogP contribution < -0.4 is 4.73 Å². The van der Waals surface area contributed by atoms with Gasteiger partial charge in [0.15, 0.2) is 24.4 Å². The van der Waals surface area contributed by atoms with Crippen molar-refractivity contribution in [2.45, 2.75) is 204 Å². The van der Waals surface area contributed by atoms with Crippen LogP contribution in [0.3, 0.4) is 0 Å². The van der Waals surface area contributed by atoms with E-state index < -0.39 is 139 Å². The zero-order valence-electron chi connectivity index (χ0n) is 50.8. The standard InChI is InChI=1S/C59H90FN7O16/c1-16-45-59(10)51(65(12)56(72)83-59)34(4)47(62-73)32(2)26-58(9,77-15)53(35(5)49(36(6)54(71)80-45)81-46-27-57(8,76-14)52(70)37(7)79-46)82-55-48(69)43(25-33(3)78-55)64(11)24-23-41-30-66(63-61-41)44(28-60)50(75-13)39-19-17-38(18-20-39)40-21-22-42(31-68)67(74)29-40/h17-22,29-30,32-37,43-46,48-53,55,68-70,73H,16,23-28,31H2,1-15H3/b62-47+/t32-,33-,34+,35+,36-,37+,43+,44-,45-,46+,48-,49?,50-,51-,52+,53?,55+,57-,58-,59-/m1/s1. The van der Waals surface area contributed by atoms with E-state index in [1.54, 1.807) is 65.2 Å². The molecule has 2 aromatic heterocycles. The van der Waals surface area contributed by atoms with Crippen molar-refractivity contribution < 1.29 is 81.9 Å². The Hall–Kier alpha value is -4.99. The number of oxime groups is 1. The predicted molar refractivity (Wildman–Crippen MR) is 299 cm³/mol. The Morgan fingerprint density at radius 3 is 2.23 bits per heavy atom. The molecule has 0 aliphatic carbocycles. The van der Waals surface area contributed by atoms with Crippen LogP contribution in [0.5, 0.6) is 0 Å². The van der Waals surface area contributed by atoms with Crippen LogP contribution in [-0.2, 0) is 60.5 Å². The van der Waals surface area contributed by atoms with Crippen LogP contribution in [0, 0.1) is 28.9 Å². The Labute approximate surface area is 486 Å². The topological polar surface area (TPSA) is 275 Å². The number of carbonyl (C=O) groups excluding carboxylic acids is 2. The molecule has 0 radical (unpaired) electrons. The average Bonchev–Trinajstić information content (AvgIpc) is 3.87. The van der Waals surface area contributed by atoms with Gasteiger partial charge in [-0.2, -0.15) is 4.73 Å². The molecule has 0 spiro atoms. The van der Waals surface area contributed by atoms with Crippen molar-refractivity contribution in [2.24, 2.45) is 28.8 Å². The fraction of sp³-hybridized carbons (Fsp3) is 0.729. The minimum absolute atomic E-state index is 0.0821. The van der Waals surface area contributed by atoms with E-state index in [1.165, 1.54) is 37.1 Å². The number of aliphatic hydroxyl groups is 3. The summed E-state index contributed by atoms with van der Waals surface area (Å²) in [4.78, 5) is 31.9. The monoisotopic (exact) mass is 1170 g/mol. The molecule has 464 valence electrons. The van der Waals surface area contributed by atoms with Gasteiger partial charge in [-0.05, 0) is 85.0 Å². The second-order valence-electron chi connectivity index (χ2n) is 24.0. The minimum Gasteiger partial charge on any atom is -0.618 e. The second-order valence-corrected chi connectivity index (χ2v) is 24.0. The second kappa shape index (κ2) is 27.2. The highest BCUT2D eigenvalue weighted by atomic mass is 19.1. The molecular weight excluding hydrogens is 1080 g/mol. The van der Waals surface area contributed by atoms with Gasteiger partial charge in [-0.3, -0.25) is 4.79 Å². The number of halogens is 1. The molecule has 4 aliphatic rings. The van der Waals surface area contributed by atoms with Gasteiger partial charge in [0, 0.05) is 89.4 Å². The first-order chi connectivity index (χ1) is 39.3. The van der Waals surface area contributed by atoms with Crippen molar-refractivity contribution in [1.29, 1.82) is 0 Å². The van der Waals surface area contributed by atoms with Gasteiger partial charge in [0.05, 0.1) is 59.0 Å². The number of likely N-dealkylation sites (N-methyl/N-ethyl adjacent to an activating group) is 2. The number of carbonyl (C=O) groups is 2. The van der Waals surface area contributed by atoms with Crippen molar-refractivity contribution >= 4 is 17.8 Å². The number of hydrogen-bond acceptors (Lipinski definition) is 20. The highest BCUT2D eigenvalue weighted by Crippen LogP contribution is 2.45. The number of cyclic esters (lactones) is 1. The average molecular weight is 1170 g/mol. The normalized spacial score (nSPS) is 37.0. The molecule has 83 heavy (non-hydrogen) atoms. The Morgan fingerprint density at radius 2 is 1.63 bits per heavy atom. The van der Waals surface area contributed by atoms with Crippen molar-refractivity contribution in [3.05, 3.63) is 71.0 Å². The number of esters is 1. The molecule has 3 aromatic rings. The number of benzene rings is 1. The number of rotatable bonds is 18. The molecular formula is C59H90FN7O16. The molecule has 7 rings (SSSR count). The maximum Gasteiger partial charge on any atom is 0.410 e. The molecule has 24 heteroatoms. The molecule has 6 heterocycles. The third-order valence-corrected chi connectivity index (χ3v) is 18.4. The molecule has 0 saturated carbocycles. The van der Waals surface area contributed by atoms with Crippen molar-refractivity contribution in [3.8, 4) is 11.1 Å². The summed E-state index contributed by atoms with van der Waals surface area (Å²) in [5.41, 5.74) is -0.595. The molecule has 4 fully saturated rings. The molecule has 2 unspecified atom stereocenters. The van der Waals surface area contributed by atoms with Gasteiger partial charge in [0.25, 0.3) is 0 Å². The number of alkyl halides is 1. The number of amides is 1. The Kier molecular flexibility index (Phi) is 21.4. The number of nitrogens with zero attached hydrogens (tertiary/aromatic N) is 7. The predicted octanol–water partition coefficient (Wildman–Crippen LogP) is 5.69. The smallest absolute Gasteiger partial charge is 0.410 e. The van der Waals surface area contributed by atoms with Gasteiger partial charge in [0.2, 0.25) is 5.69 Å². The maximum atomic E-state index is 15.1.